The van der Waals surface area contributed by atoms with Gasteiger partial charge in [0.15, 0.2) is 5.76 Å². The molecule has 3 heterocycles. The van der Waals surface area contributed by atoms with Crippen LogP contribution in [0.5, 0.6) is 0 Å². The Kier molecular flexibility index (Phi) is 5.77. The van der Waals surface area contributed by atoms with Gasteiger partial charge in [-0.15, -0.1) is 0 Å². The fraction of sp³-hybridized carbons (Fsp3) is 0.208. The molecule has 1 atom stereocenters. The van der Waals surface area contributed by atoms with Crippen molar-refractivity contribution >= 4 is 22.0 Å². The molecule has 1 saturated heterocycles. The highest BCUT2D eigenvalue weighted by molar-refractivity contribution is 9.10. The molecule has 1 aliphatic heterocycles. The summed E-state index contributed by atoms with van der Waals surface area (Å²) >= 11 is 3.43. The number of H-pyrrole nitrogens is 1. The van der Waals surface area contributed by atoms with Crippen molar-refractivity contribution in [1.29, 1.82) is 0 Å². The molecule has 0 aliphatic carbocycles. The van der Waals surface area contributed by atoms with E-state index in [4.69, 9.17) is 9.15 Å². The first-order valence-corrected chi connectivity index (χ1v) is 11.2. The monoisotopic (exact) mass is 492 g/mol. The molecule has 5 rings (SSSR count). The SMILES string of the molecule is O=C(OCc1ccccc1)N1CCC[C@H]1c1ncc(-c2ncc(-c3ccc(Br)cc3)o2)[nH]1. The van der Waals surface area contributed by atoms with E-state index in [9.17, 15) is 4.79 Å². The van der Waals surface area contributed by atoms with Crippen LogP contribution in [-0.2, 0) is 11.3 Å². The van der Waals surface area contributed by atoms with Gasteiger partial charge in [-0.25, -0.2) is 14.8 Å². The zero-order valence-electron chi connectivity index (χ0n) is 17.2. The van der Waals surface area contributed by atoms with Crippen LogP contribution in [0.2, 0.25) is 0 Å². The van der Waals surface area contributed by atoms with Crippen LogP contribution < -0.4 is 0 Å². The topological polar surface area (TPSA) is 84.2 Å². The van der Waals surface area contributed by atoms with Crippen LogP contribution in [0, 0.1) is 0 Å². The van der Waals surface area contributed by atoms with Gasteiger partial charge in [0.1, 0.15) is 18.1 Å². The smallest absolute Gasteiger partial charge is 0.410 e. The van der Waals surface area contributed by atoms with Gasteiger partial charge in [-0.1, -0.05) is 58.4 Å². The van der Waals surface area contributed by atoms with Crippen LogP contribution in [-0.4, -0.2) is 32.5 Å². The van der Waals surface area contributed by atoms with Crippen molar-refractivity contribution in [3.63, 3.8) is 0 Å². The number of hydrogen-bond acceptors (Lipinski definition) is 5. The highest BCUT2D eigenvalue weighted by Gasteiger charge is 2.33. The Balaban J connectivity index is 1.28. The van der Waals surface area contributed by atoms with Crippen LogP contribution in [0.3, 0.4) is 0 Å². The van der Waals surface area contributed by atoms with Gasteiger partial charge < -0.3 is 14.1 Å². The van der Waals surface area contributed by atoms with Crippen LogP contribution >= 0.6 is 15.9 Å². The molecule has 4 aromatic rings. The lowest BCUT2D eigenvalue weighted by Gasteiger charge is -2.22. The lowest BCUT2D eigenvalue weighted by atomic mass is 10.2. The number of benzene rings is 2. The molecular formula is C24H21BrN4O3. The summed E-state index contributed by atoms with van der Waals surface area (Å²) in [5.41, 5.74) is 2.57. The number of aromatic amines is 1. The number of nitrogens with one attached hydrogen (secondary N) is 1. The lowest BCUT2D eigenvalue weighted by Crippen LogP contribution is -2.31. The maximum atomic E-state index is 12.7. The van der Waals surface area contributed by atoms with E-state index in [1.807, 2.05) is 54.6 Å². The van der Waals surface area contributed by atoms with E-state index < -0.39 is 0 Å². The number of oxazole rings is 1. The molecule has 1 amide bonds. The van der Waals surface area contributed by atoms with Gasteiger partial charge >= 0.3 is 6.09 Å². The van der Waals surface area contributed by atoms with E-state index in [0.29, 0.717) is 29.7 Å². The molecule has 1 N–H and O–H groups in total. The number of halogens is 1. The molecule has 8 heteroatoms. The number of ether oxygens (including phenoxy) is 1. The second kappa shape index (κ2) is 9.00. The van der Waals surface area contributed by atoms with Gasteiger partial charge in [-0.05, 0) is 30.5 Å². The Labute approximate surface area is 193 Å². The van der Waals surface area contributed by atoms with E-state index in [2.05, 4.69) is 30.9 Å². The standard InChI is InChI=1S/C24H21BrN4O3/c25-18-10-8-17(9-11-18)21-14-27-23(32-21)19-13-26-22(28-19)20-7-4-12-29(20)24(30)31-15-16-5-2-1-3-6-16/h1-3,5-6,8-11,13-14,20H,4,7,12,15H2,(H,26,28)/t20-/m0/s1. The van der Waals surface area contributed by atoms with Gasteiger partial charge in [0.25, 0.3) is 0 Å². The normalized spacial score (nSPS) is 15.8. The van der Waals surface area contributed by atoms with Crippen molar-refractivity contribution in [2.24, 2.45) is 0 Å². The Morgan fingerprint density at radius 3 is 2.75 bits per heavy atom. The zero-order chi connectivity index (χ0) is 21.9. The van der Waals surface area contributed by atoms with Gasteiger partial charge in [0, 0.05) is 16.6 Å². The van der Waals surface area contributed by atoms with E-state index in [0.717, 1.165) is 28.4 Å². The molecule has 2 aromatic carbocycles. The third-order valence-electron chi connectivity index (χ3n) is 5.47. The number of imidazole rings is 1. The van der Waals surface area contributed by atoms with Crippen LogP contribution in [0.1, 0.15) is 30.3 Å². The number of hydrogen-bond donors (Lipinski definition) is 1. The van der Waals surface area contributed by atoms with Crippen LogP contribution in [0.15, 0.2) is 75.9 Å². The summed E-state index contributed by atoms with van der Waals surface area (Å²) in [6.07, 6.45) is 4.78. The van der Waals surface area contributed by atoms with E-state index in [1.165, 1.54) is 0 Å². The summed E-state index contributed by atoms with van der Waals surface area (Å²) in [5, 5.41) is 0. The molecule has 1 aliphatic rings. The number of carbonyl (C=O) groups excluding carboxylic acids is 1. The van der Waals surface area contributed by atoms with Crippen LogP contribution in [0.25, 0.3) is 22.9 Å². The number of likely N-dealkylation sites (tertiary alicyclic amines) is 1. The van der Waals surface area contributed by atoms with E-state index in [1.54, 1.807) is 17.3 Å². The quantitative estimate of drug-likeness (QED) is 0.371. The summed E-state index contributed by atoms with van der Waals surface area (Å²) in [6, 6.07) is 17.3. The highest BCUT2D eigenvalue weighted by atomic mass is 79.9. The summed E-state index contributed by atoms with van der Waals surface area (Å²) < 4.78 is 12.5. The molecule has 0 radical (unpaired) electrons. The van der Waals surface area contributed by atoms with Crippen molar-refractivity contribution in [2.75, 3.05) is 6.54 Å². The predicted molar refractivity (Wildman–Crippen MR) is 123 cm³/mol. The number of amides is 1. The summed E-state index contributed by atoms with van der Waals surface area (Å²) in [7, 11) is 0. The Hall–Kier alpha value is -3.39. The van der Waals surface area contributed by atoms with E-state index >= 15 is 0 Å². The molecule has 1 fully saturated rings. The van der Waals surface area contributed by atoms with E-state index in [-0.39, 0.29) is 18.7 Å². The van der Waals surface area contributed by atoms with Crippen molar-refractivity contribution in [1.82, 2.24) is 19.9 Å². The second-order valence-corrected chi connectivity index (χ2v) is 8.53. The number of aromatic nitrogens is 3. The minimum atomic E-state index is -0.331. The molecule has 0 bridgehead atoms. The highest BCUT2D eigenvalue weighted by Crippen LogP contribution is 2.33. The van der Waals surface area contributed by atoms with Gasteiger partial charge in [0.2, 0.25) is 5.89 Å². The van der Waals surface area contributed by atoms with Crippen molar-refractivity contribution in [2.45, 2.75) is 25.5 Å². The maximum absolute atomic E-state index is 12.7. The number of rotatable bonds is 5. The summed E-state index contributed by atoms with van der Waals surface area (Å²) in [5.74, 6) is 1.84. The second-order valence-electron chi connectivity index (χ2n) is 7.61. The van der Waals surface area contributed by atoms with Crippen molar-refractivity contribution in [3.8, 4) is 22.9 Å². The molecule has 32 heavy (non-hydrogen) atoms. The van der Waals surface area contributed by atoms with Gasteiger partial charge in [-0.3, -0.25) is 4.90 Å². The summed E-state index contributed by atoms with van der Waals surface area (Å²) in [6.45, 7) is 0.891. The minimum absolute atomic E-state index is 0.159. The number of carbonyl (C=O) groups is 1. The first-order valence-electron chi connectivity index (χ1n) is 10.4. The molecule has 0 unspecified atom stereocenters. The van der Waals surface area contributed by atoms with Crippen LogP contribution in [0.4, 0.5) is 4.79 Å². The minimum Gasteiger partial charge on any atom is -0.445 e. The third-order valence-corrected chi connectivity index (χ3v) is 6.00. The maximum Gasteiger partial charge on any atom is 0.410 e. The Bertz CT molecular complexity index is 1200. The van der Waals surface area contributed by atoms with Gasteiger partial charge in [0.05, 0.1) is 18.4 Å². The molecule has 2 aromatic heterocycles. The van der Waals surface area contributed by atoms with Gasteiger partial charge in [-0.2, -0.15) is 0 Å². The average molecular weight is 493 g/mol. The zero-order valence-corrected chi connectivity index (χ0v) is 18.8. The molecular weight excluding hydrogens is 472 g/mol. The Morgan fingerprint density at radius 1 is 1.12 bits per heavy atom. The third kappa shape index (κ3) is 4.31. The summed E-state index contributed by atoms with van der Waals surface area (Å²) in [4.78, 5) is 26.6. The fourth-order valence-corrected chi connectivity index (χ4v) is 4.10. The largest absolute Gasteiger partial charge is 0.445 e. The first-order chi connectivity index (χ1) is 15.7. The fourth-order valence-electron chi connectivity index (χ4n) is 3.83. The molecule has 0 saturated carbocycles. The predicted octanol–water partition coefficient (Wildman–Crippen LogP) is 5.97. The first kappa shape index (κ1) is 20.5. The lowest BCUT2D eigenvalue weighted by molar-refractivity contribution is 0.0910. The van der Waals surface area contributed by atoms with Crippen molar-refractivity contribution < 1.29 is 13.9 Å². The molecule has 162 valence electrons. The van der Waals surface area contributed by atoms with Crippen molar-refractivity contribution in [3.05, 3.63) is 82.9 Å². The average Bonchev–Trinajstić information content (AvgIpc) is 3.58. The molecule has 0 spiro atoms. The molecule has 7 nitrogen and oxygen atoms in total. The number of nitrogens with zero attached hydrogens (tertiary/aromatic N) is 3. The Morgan fingerprint density at radius 2 is 1.94 bits per heavy atom.